The number of rotatable bonds is 2. The molecule has 3 rings (SSSR count). The van der Waals surface area contributed by atoms with E-state index >= 15 is 0 Å². The first kappa shape index (κ1) is 10.6. The van der Waals surface area contributed by atoms with Crippen LogP contribution in [0.4, 0.5) is 4.39 Å². The van der Waals surface area contributed by atoms with Gasteiger partial charge in [0, 0.05) is 11.1 Å². The molecule has 0 saturated carbocycles. The van der Waals surface area contributed by atoms with E-state index in [9.17, 15) is 9.18 Å². The van der Waals surface area contributed by atoms with Gasteiger partial charge in [-0.25, -0.2) is 4.39 Å². The van der Waals surface area contributed by atoms with Crippen LogP contribution >= 0.6 is 11.3 Å². The largest absolute Gasteiger partial charge is 0.288 e. The van der Waals surface area contributed by atoms with Crippen molar-refractivity contribution < 1.29 is 9.18 Å². The highest BCUT2D eigenvalue weighted by Gasteiger charge is 2.21. The summed E-state index contributed by atoms with van der Waals surface area (Å²) in [6.07, 6.45) is 5.77. The molecular formula is C13H10FNOS. The van der Waals surface area contributed by atoms with Gasteiger partial charge >= 0.3 is 0 Å². The van der Waals surface area contributed by atoms with Crippen LogP contribution in [0.1, 0.15) is 32.1 Å². The summed E-state index contributed by atoms with van der Waals surface area (Å²) in [6.45, 7) is 0. The van der Waals surface area contributed by atoms with E-state index in [0.717, 1.165) is 19.0 Å². The van der Waals surface area contributed by atoms with Crippen LogP contribution in [0.15, 0.2) is 24.5 Å². The SMILES string of the molecule is O=C(c1cc2c(s1)CCC2)c1ccncc1F. The van der Waals surface area contributed by atoms with Gasteiger partial charge in [-0.05, 0) is 37.0 Å². The summed E-state index contributed by atoms with van der Waals surface area (Å²) in [5.74, 6) is -0.782. The fourth-order valence-electron chi connectivity index (χ4n) is 2.13. The summed E-state index contributed by atoms with van der Waals surface area (Å²) in [5, 5.41) is 0. The standard InChI is InChI=1S/C13H10FNOS/c14-10-7-15-5-4-9(10)13(16)12-6-8-2-1-3-11(8)17-12/h4-7H,1-3H2. The molecule has 86 valence electrons. The lowest BCUT2D eigenvalue weighted by Crippen LogP contribution is -2.02. The topological polar surface area (TPSA) is 30.0 Å². The van der Waals surface area contributed by atoms with E-state index in [1.54, 1.807) is 0 Å². The maximum Gasteiger partial charge on any atom is 0.206 e. The van der Waals surface area contributed by atoms with Gasteiger partial charge in [-0.2, -0.15) is 0 Å². The van der Waals surface area contributed by atoms with Gasteiger partial charge in [0.2, 0.25) is 5.78 Å². The highest BCUT2D eigenvalue weighted by molar-refractivity contribution is 7.14. The van der Waals surface area contributed by atoms with E-state index in [0.29, 0.717) is 4.88 Å². The van der Waals surface area contributed by atoms with Crippen molar-refractivity contribution >= 4 is 17.1 Å². The minimum atomic E-state index is -0.550. The van der Waals surface area contributed by atoms with Crippen LogP contribution < -0.4 is 0 Å². The number of fused-ring (bicyclic) bond motifs is 1. The number of ketones is 1. The van der Waals surface area contributed by atoms with Crippen LogP contribution in [-0.2, 0) is 12.8 Å². The Hall–Kier alpha value is -1.55. The van der Waals surface area contributed by atoms with E-state index in [4.69, 9.17) is 0 Å². The minimum Gasteiger partial charge on any atom is -0.288 e. The molecule has 2 heterocycles. The fourth-order valence-corrected chi connectivity index (χ4v) is 3.34. The highest BCUT2D eigenvalue weighted by Crippen LogP contribution is 2.31. The number of carbonyl (C=O) groups is 1. The van der Waals surface area contributed by atoms with Crippen LogP contribution in [-0.4, -0.2) is 10.8 Å². The third-order valence-corrected chi connectivity index (χ3v) is 4.22. The van der Waals surface area contributed by atoms with Gasteiger partial charge < -0.3 is 0 Å². The van der Waals surface area contributed by atoms with E-state index < -0.39 is 5.82 Å². The lowest BCUT2D eigenvalue weighted by Gasteiger charge is -1.99. The molecule has 4 heteroatoms. The molecule has 2 aromatic heterocycles. The predicted octanol–water partition coefficient (Wildman–Crippen LogP) is 3.00. The molecule has 0 saturated heterocycles. The number of aromatic nitrogens is 1. The molecule has 0 bridgehead atoms. The molecule has 1 aliphatic rings. The lowest BCUT2D eigenvalue weighted by molar-refractivity contribution is 0.103. The van der Waals surface area contributed by atoms with Gasteiger partial charge in [0.25, 0.3) is 0 Å². The monoisotopic (exact) mass is 247 g/mol. The number of hydrogen-bond acceptors (Lipinski definition) is 3. The molecule has 0 aromatic carbocycles. The predicted molar refractivity (Wildman–Crippen MR) is 64.0 cm³/mol. The van der Waals surface area contributed by atoms with Gasteiger partial charge in [-0.3, -0.25) is 9.78 Å². The molecule has 0 radical (unpaired) electrons. The summed E-state index contributed by atoms with van der Waals surface area (Å²) in [4.78, 5) is 17.7. The van der Waals surface area contributed by atoms with Gasteiger partial charge in [0.15, 0.2) is 5.82 Å². The molecule has 0 spiro atoms. The van der Waals surface area contributed by atoms with Crippen LogP contribution in [0.2, 0.25) is 0 Å². The molecule has 0 N–H and O–H groups in total. The number of aryl methyl sites for hydroxylation is 2. The maximum absolute atomic E-state index is 13.5. The Labute approximate surface area is 102 Å². The number of carbonyl (C=O) groups excluding carboxylic acids is 1. The number of nitrogens with zero attached hydrogens (tertiary/aromatic N) is 1. The van der Waals surface area contributed by atoms with Crippen molar-refractivity contribution in [3.8, 4) is 0 Å². The molecule has 0 aliphatic heterocycles. The second kappa shape index (κ2) is 4.04. The van der Waals surface area contributed by atoms with Gasteiger partial charge in [-0.1, -0.05) is 0 Å². The maximum atomic E-state index is 13.5. The third-order valence-electron chi connectivity index (χ3n) is 2.99. The van der Waals surface area contributed by atoms with E-state index in [2.05, 4.69) is 4.98 Å². The second-order valence-electron chi connectivity index (χ2n) is 4.10. The van der Waals surface area contributed by atoms with Crippen LogP contribution in [0.25, 0.3) is 0 Å². The van der Waals surface area contributed by atoms with Crippen LogP contribution in [0.3, 0.4) is 0 Å². The second-order valence-corrected chi connectivity index (χ2v) is 5.23. The Balaban J connectivity index is 1.99. The van der Waals surface area contributed by atoms with Gasteiger partial charge in [0.1, 0.15) is 0 Å². The van der Waals surface area contributed by atoms with Crippen molar-refractivity contribution in [2.45, 2.75) is 19.3 Å². The lowest BCUT2D eigenvalue weighted by atomic mass is 10.1. The van der Waals surface area contributed by atoms with E-state index in [-0.39, 0.29) is 11.3 Å². The van der Waals surface area contributed by atoms with Crippen molar-refractivity contribution in [1.82, 2.24) is 4.98 Å². The average Bonchev–Trinajstić information content (AvgIpc) is 2.88. The van der Waals surface area contributed by atoms with Crippen LogP contribution in [0, 0.1) is 5.82 Å². The number of pyridine rings is 1. The Kier molecular flexibility index (Phi) is 2.52. The average molecular weight is 247 g/mol. The molecular weight excluding hydrogens is 237 g/mol. The summed E-state index contributed by atoms with van der Waals surface area (Å²) in [5.41, 5.74) is 1.37. The molecule has 0 fully saturated rings. The molecule has 17 heavy (non-hydrogen) atoms. The van der Waals surface area contributed by atoms with Gasteiger partial charge in [-0.15, -0.1) is 11.3 Å². The van der Waals surface area contributed by atoms with Crippen molar-refractivity contribution in [2.24, 2.45) is 0 Å². The zero-order valence-electron chi connectivity index (χ0n) is 9.07. The van der Waals surface area contributed by atoms with Crippen molar-refractivity contribution in [3.05, 3.63) is 51.2 Å². The normalized spacial score (nSPS) is 13.7. The third kappa shape index (κ3) is 1.78. The van der Waals surface area contributed by atoms with Crippen molar-refractivity contribution in [3.63, 3.8) is 0 Å². The number of thiophene rings is 1. The molecule has 0 unspecified atom stereocenters. The van der Waals surface area contributed by atoms with Gasteiger partial charge in [0.05, 0.1) is 16.6 Å². The zero-order chi connectivity index (χ0) is 11.8. The smallest absolute Gasteiger partial charge is 0.206 e. The zero-order valence-corrected chi connectivity index (χ0v) is 9.89. The Bertz CT molecular complexity index is 569. The molecule has 1 aliphatic carbocycles. The molecule has 0 atom stereocenters. The van der Waals surface area contributed by atoms with E-state index in [1.165, 1.54) is 40.5 Å². The first-order valence-electron chi connectivity index (χ1n) is 5.51. The summed E-state index contributed by atoms with van der Waals surface area (Å²) in [6, 6.07) is 3.34. The quantitative estimate of drug-likeness (QED) is 0.764. The number of hydrogen-bond donors (Lipinski definition) is 0. The first-order valence-corrected chi connectivity index (χ1v) is 6.33. The summed E-state index contributed by atoms with van der Waals surface area (Å²) < 4.78 is 13.5. The Morgan fingerprint density at radius 3 is 3.06 bits per heavy atom. The summed E-state index contributed by atoms with van der Waals surface area (Å²) in [7, 11) is 0. The highest BCUT2D eigenvalue weighted by atomic mass is 32.1. The first-order chi connectivity index (χ1) is 8.25. The molecule has 2 nitrogen and oxygen atoms in total. The van der Waals surface area contributed by atoms with E-state index in [1.807, 2.05) is 6.07 Å². The minimum absolute atomic E-state index is 0.111. The molecule has 0 amide bonds. The fraction of sp³-hybridized carbons (Fsp3) is 0.231. The molecule has 2 aromatic rings. The summed E-state index contributed by atoms with van der Waals surface area (Å²) >= 11 is 1.50. The van der Waals surface area contributed by atoms with Crippen LogP contribution in [0.5, 0.6) is 0 Å². The van der Waals surface area contributed by atoms with Crippen molar-refractivity contribution in [1.29, 1.82) is 0 Å². The van der Waals surface area contributed by atoms with Crippen molar-refractivity contribution in [2.75, 3.05) is 0 Å². The number of halogens is 1. The Morgan fingerprint density at radius 1 is 1.41 bits per heavy atom. The Morgan fingerprint density at radius 2 is 2.29 bits per heavy atom.